The first-order valence-electron chi connectivity index (χ1n) is 13.5. The Morgan fingerprint density at radius 1 is 1.14 bits per heavy atom. The maximum absolute atomic E-state index is 14.7. The first-order chi connectivity index (χ1) is 20.0. The zero-order valence-corrected chi connectivity index (χ0v) is 26.1. The molecule has 2 heterocycles. The number of carbonyl (C=O) groups is 1. The van der Waals surface area contributed by atoms with Crippen LogP contribution < -0.4 is 15.4 Å². The number of amidine groups is 1. The SMILES string of the molecule is Cn1ccnc1CNC1(CCC(C)(C)C)C(=O)C(C2=NS(=O)(=O)c3cc(NS(C)(=O)=O)ccc3N2)=C(O)c2ccccc21. The Bertz CT molecular complexity index is 1900. The average molecular weight is 627 g/mol. The van der Waals surface area contributed by atoms with Gasteiger partial charge < -0.3 is 15.0 Å². The molecule has 0 spiro atoms. The molecule has 43 heavy (non-hydrogen) atoms. The number of aliphatic hydroxyl groups excluding tert-OH is 1. The van der Waals surface area contributed by atoms with Crippen LogP contribution in [0.25, 0.3) is 5.76 Å². The Balaban J connectivity index is 1.65. The van der Waals surface area contributed by atoms with Gasteiger partial charge in [0, 0.05) is 30.7 Å². The molecule has 14 heteroatoms. The van der Waals surface area contributed by atoms with Crippen molar-refractivity contribution in [2.24, 2.45) is 16.9 Å². The summed E-state index contributed by atoms with van der Waals surface area (Å²) in [6.07, 6.45) is 5.36. The summed E-state index contributed by atoms with van der Waals surface area (Å²) < 4.78 is 58.2. The Kier molecular flexibility index (Phi) is 7.51. The number of aromatic nitrogens is 2. The van der Waals surface area contributed by atoms with Crippen LogP contribution in [-0.4, -0.2) is 49.4 Å². The highest BCUT2D eigenvalue weighted by molar-refractivity contribution is 7.92. The number of sulfonamides is 2. The minimum absolute atomic E-state index is 0.0367. The van der Waals surface area contributed by atoms with E-state index in [1.165, 1.54) is 12.1 Å². The molecular formula is C29H34N6O6S2. The van der Waals surface area contributed by atoms with Crippen LogP contribution in [0.4, 0.5) is 11.4 Å². The molecule has 5 rings (SSSR count). The third-order valence-corrected chi connectivity index (χ3v) is 9.40. The molecule has 1 aliphatic carbocycles. The number of Topliss-reactive ketones (excluding diaryl/α,β-unsaturated/α-hetero) is 1. The third-order valence-electron chi connectivity index (χ3n) is 7.48. The summed E-state index contributed by atoms with van der Waals surface area (Å²) in [5, 5.41) is 17.9. The van der Waals surface area contributed by atoms with Gasteiger partial charge in [-0.25, -0.2) is 13.4 Å². The molecule has 0 fully saturated rings. The zero-order chi connectivity index (χ0) is 31.4. The molecule has 2 aromatic carbocycles. The number of hydrogen-bond acceptors (Lipinski definition) is 9. The summed E-state index contributed by atoms with van der Waals surface area (Å²) >= 11 is 0. The summed E-state index contributed by atoms with van der Waals surface area (Å²) in [5.74, 6) is -0.579. The number of rotatable bonds is 8. The van der Waals surface area contributed by atoms with Gasteiger partial charge in [0.25, 0.3) is 10.0 Å². The number of carbonyl (C=O) groups excluding carboxylic acids is 1. The van der Waals surface area contributed by atoms with E-state index in [4.69, 9.17) is 0 Å². The topological polar surface area (TPSA) is 172 Å². The number of anilines is 2. The highest BCUT2D eigenvalue weighted by atomic mass is 32.2. The van der Waals surface area contributed by atoms with E-state index in [9.17, 15) is 26.7 Å². The summed E-state index contributed by atoms with van der Waals surface area (Å²) in [4.78, 5) is 18.8. The standard InChI is InChI=1S/C29H34N6O6S2/c1-28(2,3)12-13-29(31-17-23-30-14-15-35(23)4)20-9-7-6-8-19(20)25(36)24(26(29)37)27-32-21-11-10-18(33-42(5,38)39)16-22(21)43(40,41)34-27/h6-11,14-16,31,33,36H,12-13,17H2,1-5H3,(H,32,34). The van der Waals surface area contributed by atoms with E-state index in [1.807, 2.05) is 11.6 Å². The van der Waals surface area contributed by atoms with Crippen molar-refractivity contribution in [2.45, 2.75) is 50.6 Å². The molecule has 0 saturated carbocycles. The minimum atomic E-state index is -4.41. The second-order valence-electron chi connectivity index (χ2n) is 12.0. The van der Waals surface area contributed by atoms with Gasteiger partial charge in [-0.3, -0.25) is 14.8 Å². The Labute approximate surface area is 251 Å². The van der Waals surface area contributed by atoms with Crippen LogP contribution in [0.2, 0.25) is 0 Å². The van der Waals surface area contributed by atoms with Crippen LogP contribution in [0.5, 0.6) is 0 Å². The van der Waals surface area contributed by atoms with Gasteiger partial charge >= 0.3 is 0 Å². The number of benzene rings is 2. The molecular weight excluding hydrogens is 592 g/mol. The van der Waals surface area contributed by atoms with Crippen molar-refractivity contribution >= 4 is 48.8 Å². The second-order valence-corrected chi connectivity index (χ2v) is 15.3. The van der Waals surface area contributed by atoms with Crippen LogP contribution in [0.15, 0.2) is 69.7 Å². The van der Waals surface area contributed by atoms with Gasteiger partial charge in [0.05, 0.1) is 18.5 Å². The number of ketones is 1. The monoisotopic (exact) mass is 626 g/mol. The van der Waals surface area contributed by atoms with E-state index < -0.39 is 37.1 Å². The highest BCUT2D eigenvalue weighted by Crippen LogP contribution is 2.44. The second kappa shape index (κ2) is 10.6. The van der Waals surface area contributed by atoms with Gasteiger partial charge in [0.15, 0.2) is 11.6 Å². The van der Waals surface area contributed by atoms with Crippen molar-refractivity contribution in [3.05, 3.63) is 77.4 Å². The van der Waals surface area contributed by atoms with Crippen molar-refractivity contribution in [1.29, 1.82) is 0 Å². The average Bonchev–Trinajstić information content (AvgIpc) is 3.32. The molecule has 0 amide bonds. The van der Waals surface area contributed by atoms with Crippen molar-refractivity contribution in [3.63, 3.8) is 0 Å². The predicted molar refractivity (Wildman–Crippen MR) is 165 cm³/mol. The first kappa shape index (κ1) is 30.4. The molecule has 12 nitrogen and oxygen atoms in total. The molecule has 1 aromatic heterocycles. The van der Waals surface area contributed by atoms with E-state index in [0.29, 0.717) is 29.8 Å². The number of imidazole rings is 1. The lowest BCUT2D eigenvalue weighted by Gasteiger charge is -2.41. The molecule has 2 aliphatic rings. The number of aryl methyl sites for hydroxylation is 1. The fourth-order valence-corrected chi connectivity index (χ4v) is 6.98. The van der Waals surface area contributed by atoms with E-state index in [0.717, 1.165) is 12.3 Å². The number of nitrogens with one attached hydrogen (secondary N) is 3. The number of aliphatic hydroxyl groups is 1. The van der Waals surface area contributed by atoms with Crippen LogP contribution >= 0.6 is 0 Å². The van der Waals surface area contributed by atoms with E-state index in [1.54, 1.807) is 36.7 Å². The van der Waals surface area contributed by atoms with Gasteiger partial charge in [-0.05, 0) is 42.0 Å². The number of hydrogen-bond donors (Lipinski definition) is 4. The Morgan fingerprint density at radius 3 is 2.51 bits per heavy atom. The lowest BCUT2D eigenvalue weighted by Crippen LogP contribution is -2.54. The van der Waals surface area contributed by atoms with Gasteiger partial charge in [0.1, 0.15) is 27.6 Å². The van der Waals surface area contributed by atoms with Crippen molar-refractivity contribution in [2.75, 3.05) is 16.3 Å². The fourth-order valence-electron chi connectivity index (χ4n) is 5.28. The van der Waals surface area contributed by atoms with Gasteiger partial charge in [0.2, 0.25) is 10.0 Å². The summed E-state index contributed by atoms with van der Waals surface area (Å²) in [5.41, 5.74) is -0.722. The van der Waals surface area contributed by atoms with E-state index in [2.05, 4.69) is 45.5 Å². The normalized spacial score (nSPS) is 19.7. The molecule has 0 radical (unpaired) electrons. The van der Waals surface area contributed by atoms with Gasteiger partial charge in [-0.2, -0.15) is 8.42 Å². The third kappa shape index (κ3) is 5.94. The summed E-state index contributed by atoms with van der Waals surface area (Å²) in [7, 11) is -6.23. The first-order valence-corrected chi connectivity index (χ1v) is 16.9. The number of fused-ring (bicyclic) bond motifs is 2. The summed E-state index contributed by atoms with van der Waals surface area (Å²) in [6.45, 7) is 6.42. The van der Waals surface area contributed by atoms with Gasteiger partial charge in [-0.15, -0.1) is 4.40 Å². The molecule has 1 unspecified atom stereocenters. The molecule has 4 N–H and O–H groups in total. The van der Waals surface area contributed by atoms with Crippen LogP contribution in [-0.2, 0) is 44.0 Å². The Morgan fingerprint density at radius 2 is 1.86 bits per heavy atom. The van der Waals surface area contributed by atoms with E-state index in [-0.39, 0.29) is 39.6 Å². The molecule has 0 bridgehead atoms. The lowest BCUT2D eigenvalue weighted by atomic mass is 9.69. The molecule has 0 saturated heterocycles. The highest BCUT2D eigenvalue weighted by Gasteiger charge is 2.50. The Hall–Kier alpha value is -4.01. The molecule has 1 atom stereocenters. The minimum Gasteiger partial charge on any atom is -0.506 e. The van der Waals surface area contributed by atoms with Crippen molar-refractivity contribution in [1.82, 2.24) is 14.9 Å². The molecule has 1 aliphatic heterocycles. The van der Waals surface area contributed by atoms with Crippen molar-refractivity contribution in [3.8, 4) is 0 Å². The summed E-state index contributed by atoms with van der Waals surface area (Å²) in [6, 6.07) is 10.9. The zero-order valence-electron chi connectivity index (χ0n) is 24.5. The van der Waals surface area contributed by atoms with E-state index >= 15 is 0 Å². The molecule has 228 valence electrons. The quantitative estimate of drug-likeness (QED) is 0.291. The largest absolute Gasteiger partial charge is 0.506 e. The molecule has 3 aromatic rings. The number of nitrogens with zero attached hydrogens (tertiary/aromatic N) is 3. The smallest absolute Gasteiger partial charge is 0.286 e. The van der Waals surface area contributed by atoms with Crippen LogP contribution in [0, 0.1) is 5.41 Å². The predicted octanol–water partition coefficient (Wildman–Crippen LogP) is 3.67. The fraction of sp³-hybridized carbons (Fsp3) is 0.345. The van der Waals surface area contributed by atoms with Crippen LogP contribution in [0.1, 0.15) is 50.6 Å². The lowest BCUT2D eigenvalue weighted by molar-refractivity contribution is -0.122. The van der Waals surface area contributed by atoms with Crippen molar-refractivity contribution < 1.29 is 26.7 Å². The maximum Gasteiger partial charge on any atom is 0.286 e. The maximum atomic E-state index is 14.7. The van der Waals surface area contributed by atoms with Crippen LogP contribution in [0.3, 0.4) is 0 Å². The van der Waals surface area contributed by atoms with Gasteiger partial charge in [-0.1, -0.05) is 45.0 Å².